The third-order valence-electron chi connectivity index (χ3n) is 2.41. The molecule has 1 heterocycles. The van der Waals surface area contributed by atoms with Gasteiger partial charge >= 0.3 is 5.69 Å². The Hall–Kier alpha value is -1.77. The normalized spacial score (nSPS) is 10.4. The first-order chi connectivity index (χ1) is 7.34. The van der Waals surface area contributed by atoms with Crippen LogP contribution in [0.1, 0.15) is 17.7 Å². The van der Waals surface area contributed by atoms with Crippen LogP contribution in [0.5, 0.6) is 0 Å². The lowest BCUT2D eigenvalue weighted by Gasteiger charge is -1.99. The van der Waals surface area contributed by atoms with Crippen LogP contribution in [-0.4, -0.2) is 9.97 Å². The summed E-state index contributed by atoms with van der Waals surface area (Å²) in [5.74, 6) is 0. The number of benzene rings is 1. The fraction of sp³-hybridized carbons (Fsp3) is 0.250. The number of hydrogen-bond acceptors (Lipinski definition) is 1. The monoisotopic (exact) mass is 202 g/mol. The Morgan fingerprint density at radius 1 is 1.07 bits per heavy atom. The molecular formula is C12H14N2O. The van der Waals surface area contributed by atoms with Crippen LogP contribution in [0, 0.1) is 0 Å². The van der Waals surface area contributed by atoms with Gasteiger partial charge in [0, 0.05) is 11.9 Å². The van der Waals surface area contributed by atoms with E-state index in [2.05, 4.69) is 22.1 Å². The van der Waals surface area contributed by atoms with Crippen molar-refractivity contribution in [1.29, 1.82) is 0 Å². The lowest BCUT2D eigenvalue weighted by Crippen LogP contribution is -2.01. The van der Waals surface area contributed by atoms with Gasteiger partial charge in [-0.2, -0.15) is 0 Å². The summed E-state index contributed by atoms with van der Waals surface area (Å²) in [5, 5.41) is 0. The summed E-state index contributed by atoms with van der Waals surface area (Å²) in [6.07, 6.45) is 4.76. The fourth-order valence-corrected chi connectivity index (χ4v) is 1.63. The summed E-state index contributed by atoms with van der Waals surface area (Å²) in [5.41, 5.74) is 2.20. The minimum Gasteiger partial charge on any atom is -0.313 e. The van der Waals surface area contributed by atoms with Crippen LogP contribution in [0.3, 0.4) is 0 Å². The van der Waals surface area contributed by atoms with E-state index in [1.165, 1.54) is 5.56 Å². The first-order valence-corrected chi connectivity index (χ1v) is 5.15. The summed E-state index contributed by atoms with van der Waals surface area (Å²) < 4.78 is 0. The van der Waals surface area contributed by atoms with E-state index < -0.39 is 0 Å². The average Bonchev–Trinajstić information content (AvgIpc) is 2.66. The van der Waals surface area contributed by atoms with Crippen LogP contribution < -0.4 is 5.69 Å². The SMILES string of the molecule is O=c1[nH]cc(CCCc2ccccc2)[nH]1. The van der Waals surface area contributed by atoms with Crippen molar-refractivity contribution in [3.63, 3.8) is 0 Å². The molecule has 0 atom stereocenters. The molecule has 0 saturated carbocycles. The largest absolute Gasteiger partial charge is 0.323 e. The summed E-state index contributed by atoms with van der Waals surface area (Å²) in [4.78, 5) is 16.2. The van der Waals surface area contributed by atoms with E-state index >= 15 is 0 Å². The van der Waals surface area contributed by atoms with Crippen LogP contribution in [0.2, 0.25) is 0 Å². The predicted octanol–water partition coefficient (Wildman–Crippen LogP) is 1.88. The van der Waals surface area contributed by atoms with Crippen molar-refractivity contribution in [1.82, 2.24) is 9.97 Å². The number of aromatic nitrogens is 2. The zero-order valence-corrected chi connectivity index (χ0v) is 8.49. The van der Waals surface area contributed by atoms with Crippen molar-refractivity contribution >= 4 is 0 Å². The lowest BCUT2D eigenvalue weighted by atomic mass is 10.1. The van der Waals surface area contributed by atoms with Crippen LogP contribution in [0.4, 0.5) is 0 Å². The van der Waals surface area contributed by atoms with E-state index in [1.807, 2.05) is 18.2 Å². The Kier molecular flexibility index (Phi) is 3.02. The van der Waals surface area contributed by atoms with E-state index in [0.717, 1.165) is 25.0 Å². The standard InChI is InChI=1S/C12H14N2O/c15-12-13-9-11(14-12)8-4-7-10-5-2-1-3-6-10/h1-3,5-6,9H,4,7-8H2,(H2,13,14,15). The second kappa shape index (κ2) is 4.64. The molecule has 0 fully saturated rings. The van der Waals surface area contributed by atoms with Crippen molar-refractivity contribution in [3.8, 4) is 0 Å². The number of aromatic amines is 2. The highest BCUT2D eigenvalue weighted by atomic mass is 16.1. The first kappa shape index (κ1) is 9.77. The molecule has 0 saturated heterocycles. The second-order valence-corrected chi connectivity index (χ2v) is 3.61. The molecule has 2 aromatic rings. The smallest absolute Gasteiger partial charge is 0.313 e. The van der Waals surface area contributed by atoms with Gasteiger partial charge in [-0.25, -0.2) is 4.79 Å². The highest BCUT2D eigenvalue weighted by molar-refractivity contribution is 5.14. The minimum absolute atomic E-state index is 0.121. The summed E-state index contributed by atoms with van der Waals surface area (Å²) in [6.45, 7) is 0. The van der Waals surface area contributed by atoms with Crippen LogP contribution in [0.15, 0.2) is 41.3 Å². The molecule has 0 aliphatic rings. The van der Waals surface area contributed by atoms with Gasteiger partial charge in [-0.05, 0) is 24.8 Å². The van der Waals surface area contributed by atoms with Gasteiger partial charge in [-0.1, -0.05) is 30.3 Å². The highest BCUT2D eigenvalue weighted by Gasteiger charge is 1.96. The van der Waals surface area contributed by atoms with Gasteiger partial charge in [0.15, 0.2) is 0 Å². The number of hydrogen-bond donors (Lipinski definition) is 2. The van der Waals surface area contributed by atoms with Gasteiger partial charge in [-0.3, -0.25) is 0 Å². The third kappa shape index (κ3) is 2.84. The van der Waals surface area contributed by atoms with Crippen LogP contribution in [-0.2, 0) is 12.8 Å². The zero-order chi connectivity index (χ0) is 10.5. The molecule has 3 nitrogen and oxygen atoms in total. The van der Waals surface area contributed by atoms with Gasteiger partial charge in [0.1, 0.15) is 0 Å². The Labute approximate surface area is 88.2 Å². The zero-order valence-electron chi connectivity index (χ0n) is 8.49. The summed E-state index contributed by atoms with van der Waals surface area (Å²) in [6, 6.07) is 10.4. The molecule has 0 amide bonds. The molecule has 0 aliphatic carbocycles. The Morgan fingerprint density at radius 2 is 1.87 bits per heavy atom. The summed E-state index contributed by atoms with van der Waals surface area (Å²) >= 11 is 0. The van der Waals surface area contributed by atoms with Crippen LogP contribution in [0.25, 0.3) is 0 Å². The second-order valence-electron chi connectivity index (χ2n) is 3.61. The maximum Gasteiger partial charge on any atom is 0.323 e. The number of rotatable bonds is 4. The predicted molar refractivity (Wildman–Crippen MR) is 59.9 cm³/mol. The van der Waals surface area contributed by atoms with Gasteiger partial charge in [0.2, 0.25) is 0 Å². The highest BCUT2D eigenvalue weighted by Crippen LogP contribution is 2.04. The Balaban J connectivity index is 1.83. The van der Waals surface area contributed by atoms with E-state index in [0.29, 0.717) is 0 Å². The molecule has 3 heteroatoms. The van der Waals surface area contributed by atoms with E-state index in [9.17, 15) is 4.79 Å². The Morgan fingerprint density at radius 3 is 2.53 bits per heavy atom. The Bertz CT molecular complexity index is 456. The van der Waals surface area contributed by atoms with Gasteiger partial charge in [0.05, 0.1) is 0 Å². The number of H-pyrrole nitrogens is 2. The molecule has 0 radical (unpaired) electrons. The lowest BCUT2D eigenvalue weighted by molar-refractivity contribution is 0.802. The molecule has 78 valence electrons. The maximum atomic E-state index is 10.8. The van der Waals surface area contributed by atoms with Crippen molar-refractivity contribution in [2.24, 2.45) is 0 Å². The quantitative estimate of drug-likeness (QED) is 0.781. The molecular weight excluding hydrogens is 188 g/mol. The topological polar surface area (TPSA) is 48.6 Å². The maximum absolute atomic E-state index is 10.8. The van der Waals surface area contributed by atoms with Gasteiger partial charge in [0.25, 0.3) is 0 Å². The molecule has 0 bridgehead atoms. The summed E-state index contributed by atoms with van der Waals surface area (Å²) in [7, 11) is 0. The van der Waals surface area contributed by atoms with Crippen molar-refractivity contribution < 1.29 is 0 Å². The molecule has 2 N–H and O–H groups in total. The van der Waals surface area contributed by atoms with E-state index in [4.69, 9.17) is 0 Å². The molecule has 2 rings (SSSR count). The van der Waals surface area contributed by atoms with E-state index in [-0.39, 0.29) is 5.69 Å². The first-order valence-electron chi connectivity index (χ1n) is 5.15. The third-order valence-corrected chi connectivity index (χ3v) is 2.41. The van der Waals surface area contributed by atoms with Gasteiger partial charge < -0.3 is 9.97 Å². The number of aryl methyl sites for hydroxylation is 2. The number of imidazole rings is 1. The fourth-order valence-electron chi connectivity index (χ4n) is 1.63. The molecule has 0 aliphatic heterocycles. The minimum atomic E-state index is -0.121. The average molecular weight is 202 g/mol. The van der Waals surface area contributed by atoms with Crippen molar-refractivity contribution in [3.05, 3.63) is 58.3 Å². The van der Waals surface area contributed by atoms with Crippen molar-refractivity contribution in [2.75, 3.05) is 0 Å². The number of nitrogens with one attached hydrogen (secondary N) is 2. The van der Waals surface area contributed by atoms with E-state index in [1.54, 1.807) is 6.20 Å². The van der Waals surface area contributed by atoms with Crippen LogP contribution >= 0.6 is 0 Å². The molecule has 0 unspecified atom stereocenters. The molecule has 15 heavy (non-hydrogen) atoms. The molecule has 1 aromatic carbocycles. The molecule has 0 spiro atoms. The van der Waals surface area contributed by atoms with Crippen molar-refractivity contribution in [2.45, 2.75) is 19.3 Å². The molecule has 1 aromatic heterocycles. The van der Waals surface area contributed by atoms with Gasteiger partial charge in [-0.15, -0.1) is 0 Å².